The van der Waals surface area contributed by atoms with Gasteiger partial charge in [-0.15, -0.1) is 0 Å². The number of hydrogen-bond donors (Lipinski definition) is 1. The van der Waals surface area contributed by atoms with Crippen molar-refractivity contribution in [3.05, 3.63) is 93.5 Å². The highest BCUT2D eigenvalue weighted by atomic mass is 35.5. The molecule has 0 bridgehead atoms. The third-order valence-electron chi connectivity index (χ3n) is 5.00. The second kappa shape index (κ2) is 6.91. The van der Waals surface area contributed by atoms with E-state index in [-0.39, 0.29) is 5.91 Å². The molecule has 0 aliphatic carbocycles. The molecule has 4 rings (SSSR count). The summed E-state index contributed by atoms with van der Waals surface area (Å²) in [5, 5.41) is 4.23. The van der Waals surface area contributed by atoms with Crippen molar-refractivity contribution >= 4 is 34.8 Å². The first-order valence-electron chi connectivity index (χ1n) is 8.53. The zero-order valence-corrected chi connectivity index (χ0v) is 16.1. The Morgan fingerprint density at radius 1 is 0.963 bits per heavy atom. The van der Waals surface area contributed by atoms with Crippen LogP contribution in [0.4, 0.5) is 5.69 Å². The highest BCUT2D eigenvalue weighted by Gasteiger charge is 2.48. The molecule has 1 amide bonds. The van der Waals surface area contributed by atoms with Crippen LogP contribution in [0.2, 0.25) is 10.0 Å². The third kappa shape index (κ3) is 3.07. The second-order valence-corrected chi connectivity index (χ2v) is 7.46. The van der Waals surface area contributed by atoms with E-state index in [1.807, 2.05) is 60.7 Å². The van der Waals surface area contributed by atoms with Crippen LogP contribution in [-0.4, -0.2) is 13.0 Å². The average Bonchev–Trinajstić information content (AvgIpc) is 2.93. The minimum absolute atomic E-state index is 0.0898. The van der Waals surface area contributed by atoms with Crippen molar-refractivity contribution in [1.82, 2.24) is 0 Å². The Bertz CT molecular complexity index is 1030. The van der Waals surface area contributed by atoms with E-state index in [0.29, 0.717) is 22.2 Å². The predicted octanol–water partition coefficient (Wildman–Crippen LogP) is 5.48. The van der Waals surface area contributed by atoms with Crippen LogP contribution >= 0.6 is 23.2 Å². The number of anilines is 1. The number of amides is 1. The third-order valence-corrected chi connectivity index (χ3v) is 5.47. The summed E-state index contributed by atoms with van der Waals surface area (Å²) in [6, 6.07) is 20.7. The van der Waals surface area contributed by atoms with Crippen molar-refractivity contribution in [2.45, 2.75) is 11.8 Å². The van der Waals surface area contributed by atoms with Gasteiger partial charge in [0.15, 0.2) is 0 Å². The molecule has 3 aromatic rings. The fourth-order valence-corrected chi connectivity index (χ4v) is 4.13. The van der Waals surface area contributed by atoms with Crippen LogP contribution in [0.15, 0.2) is 66.7 Å². The fourth-order valence-electron chi connectivity index (χ4n) is 3.75. The van der Waals surface area contributed by atoms with Crippen molar-refractivity contribution in [2.24, 2.45) is 0 Å². The number of fused-ring (bicyclic) bond motifs is 1. The molecule has 0 saturated heterocycles. The number of carbonyl (C=O) groups excluding carboxylic acids is 1. The summed E-state index contributed by atoms with van der Waals surface area (Å²) in [6.07, 6.45) is 0.473. The van der Waals surface area contributed by atoms with E-state index in [1.165, 1.54) is 0 Å². The summed E-state index contributed by atoms with van der Waals surface area (Å²) in [5.41, 5.74) is 2.57. The highest BCUT2D eigenvalue weighted by Crippen LogP contribution is 2.46. The smallest absolute Gasteiger partial charge is 0.239 e. The van der Waals surface area contributed by atoms with Crippen LogP contribution < -0.4 is 10.1 Å². The molecule has 0 saturated carbocycles. The molecule has 5 heteroatoms. The lowest BCUT2D eigenvalue weighted by Crippen LogP contribution is -2.38. The van der Waals surface area contributed by atoms with E-state index < -0.39 is 5.41 Å². The maximum absolute atomic E-state index is 13.3. The number of benzene rings is 3. The van der Waals surface area contributed by atoms with Crippen LogP contribution in [0, 0.1) is 0 Å². The summed E-state index contributed by atoms with van der Waals surface area (Å²) in [5.74, 6) is 0.612. The van der Waals surface area contributed by atoms with Gasteiger partial charge in [-0.2, -0.15) is 0 Å². The summed E-state index contributed by atoms with van der Waals surface area (Å²) in [4.78, 5) is 13.3. The molecule has 136 valence electrons. The van der Waals surface area contributed by atoms with Crippen molar-refractivity contribution in [1.29, 1.82) is 0 Å². The number of rotatable bonds is 4. The Kier molecular flexibility index (Phi) is 4.58. The molecular formula is C22H17Cl2NO2. The average molecular weight is 398 g/mol. The van der Waals surface area contributed by atoms with E-state index in [2.05, 4.69) is 5.32 Å². The van der Waals surface area contributed by atoms with Gasteiger partial charge in [0.1, 0.15) is 11.2 Å². The summed E-state index contributed by atoms with van der Waals surface area (Å²) in [7, 11) is 1.62. The fraction of sp³-hybridized carbons (Fsp3) is 0.136. The maximum atomic E-state index is 13.3. The quantitative estimate of drug-likeness (QED) is 0.632. The number of hydrogen-bond acceptors (Lipinski definition) is 2. The number of halogens is 2. The predicted molar refractivity (Wildman–Crippen MR) is 109 cm³/mol. The summed E-state index contributed by atoms with van der Waals surface area (Å²) < 4.78 is 5.40. The molecule has 1 aliphatic rings. The summed E-state index contributed by atoms with van der Waals surface area (Å²) >= 11 is 12.3. The molecule has 1 aliphatic heterocycles. The van der Waals surface area contributed by atoms with Gasteiger partial charge in [-0.3, -0.25) is 4.79 Å². The molecule has 0 radical (unpaired) electrons. The monoisotopic (exact) mass is 397 g/mol. The van der Waals surface area contributed by atoms with E-state index in [4.69, 9.17) is 27.9 Å². The Morgan fingerprint density at radius 2 is 1.74 bits per heavy atom. The lowest BCUT2D eigenvalue weighted by atomic mass is 9.71. The van der Waals surface area contributed by atoms with Gasteiger partial charge in [0.25, 0.3) is 0 Å². The van der Waals surface area contributed by atoms with Crippen LogP contribution in [-0.2, 0) is 16.6 Å². The van der Waals surface area contributed by atoms with E-state index in [9.17, 15) is 4.79 Å². The molecule has 1 heterocycles. The first-order valence-corrected chi connectivity index (χ1v) is 9.29. The van der Waals surface area contributed by atoms with Gasteiger partial charge < -0.3 is 10.1 Å². The molecule has 0 aromatic heterocycles. The number of carbonyl (C=O) groups is 1. The largest absolute Gasteiger partial charge is 0.497 e. The Labute approximate surface area is 167 Å². The van der Waals surface area contributed by atoms with Gasteiger partial charge in [-0.05, 0) is 59.5 Å². The van der Waals surface area contributed by atoms with E-state index >= 15 is 0 Å². The molecule has 1 atom stereocenters. The van der Waals surface area contributed by atoms with Gasteiger partial charge >= 0.3 is 0 Å². The minimum atomic E-state index is -0.890. The summed E-state index contributed by atoms with van der Waals surface area (Å²) in [6.45, 7) is 0. The van der Waals surface area contributed by atoms with Gasteiger partial charge in [-0.1, -0.05) is 53.5 Å². The second-order valence-electron chi connectivity index (χ2n) is 6.59. The highest BCUT2D eigenvalue weighted by molar-refractivity contribution is 6.31. The molecule has 27 heavy (non-hydrogen) atoms. The zero-order valence-electron chi connectivity index (χ0n) is 14.6. The van der Waals surface area contributed by atoms with Gasteiger partial charge in [0.05, 0.1) is 7.11 Å². The lowest BCUT2D eigenvalue weighted by molar-refractivity contribution is -0.119. The van der Waals surface area contributed by atoms with Crippen LogP contribution in [0.25, 0.3) is 0 Å². The SMILES string of the molecule is COc1cccc([C@]2(Cc3cccc(Cl)c3)C(=O)Nc3cc(Cl)ccc32)c1. The van der Waals surface area contributed by atoms with Crippen LogP contribution in [0.5, 0.6) is 5.75 Å². The lowest BCUT2D eigenvalue weighted by Gasteiger charge is -2.29. The van der Waals surface area contributed by atoms with E-state index in [0.717, 1.165) is 22.4 Å². The number of nitrogens with one attached hydrogen (secondary N) is 1. The van der Waals surface area contributed by atoms with Gasteiger partial charge in [0, 0.05) is 15.7 Å². The minimum Gasteiger partial charge on any atom is -0.497 e. The first kappa shape index (κ1) is 17.9. The van der Waals surface area contributed by atoms with Crippen molar-refractivity contribution in [2.75, 3.05) is 12.4 Å². The van der Waals surface area contributed by atoms with Gasteiger partial charge in [0.2, 0.25) is 5.91 Å². The molecule has 1 N–H and O–H groups in total. The number of ether oxygens (including phenoxy) is 1. The zero-order chi connectivity index (χ0) is 19.0. The van der Waals surface area contributed by atoms with Crippen LogP contribution in [0.3, 0.4) is 0 Å². The van der Waals surface area contributed by atoms with Crippen molar-refractivity contribution in [3.8, 4) is 5.75 Å². The Hall–Kier alpha value is -2.49. The van der Waals surface area contributed by atoms with Crippen molar-refractivity contribution < 1.29 is 9.53 Å². The normalized spacial score (nSPS) is 18.1. The first-order chi connectivity index (χ1) is 13.0. The van der Waals surface area contributed by atoms with Crippen molar-refractivity contribution in [3.63, 3.8) is 0 Å². The number of methoxy groups -OCH3 is 1. The maximum Gasteiger partial charge on any atom is 0.239 e. The topological polar surface area (TPSA) is 38.3 Å². The van der Waals surface area contributed by atoms with Crippen LogP contribution in [0.1, 0.15) is 16.7 Å². The molecule has 0 spiro atoms. The molecule has 0 unspecified atom stereocenters. The molecule has 3 aromatic carbocycles. The van der Waals surface area contributed by atoms with E-state index in [1.54, 1.807) is 13.2 Å². The molecule has 0 fully saturated rings. The standard InChI is InChI=1S/C22H17Cl2NO2/c1-27-18-7-3-5-15(11-18)22(13-14-4-2-6-16(23)10-14)19-9-8-17(24)12-20(19)25-21(22)26/h2-12H,13H2,1H3,(H,25,26)/t22-/m0/s1. The Morgan fingerprint density at radius 3 is 2.52 bits per heavy atom. The van der Waals surface area contributed by atoms with Gasteiger partial charge in [-0.25, -0.2) is 0 Å². The molecule has 3 nitrogen and oxygen atoms in total. The molecular weight excluding hydrogens is 381 g/mol. The Balaban J connectivity index is 1.95.